The first-order chi connectivity index (χ1) is 7.41. The number of carboxylic acid groups (broad SMARTS) is 2. The number of hydrogen-bond acceptors (Lipinski definition) is 2. The van der Waals surface area contributed by atoms with Crippen LogP contribution in [0.5, 0.6) is 0 Å². The first-order valence-electron chi connectivity index (χ1n) is 4.66. The highest BCUT2D eigenvalue weighted by atomic mass is 19.1. The Hall–Kier alpha value is -1.91. The van der Waals surface area contributed by atoms with Crippen LogP contribution in [0.2, 0.25) is 0 Å². The highest BCUT2D eigenvalue weighted by Crippen LogP contribution is 2.14. The van der Waals surface area contributed by atoms with Crippen LogP contribution in [-0.2, 0) is 11.2 Å². The van der Waals surface area contributed by atoms with Gasteiger partial charge in [0, 0.05) is 0 Å². The number of hydrogen-bond donors (Lipinski definition) is 2. The number of aliphatic carboxylic acids is 1. The van der Waals surface area contributed by atoms with E-state index in [1.807, 2.05) is 0 Å². The number of rotatable bonds is 4. The average molecular weight is 226 g/mol. The van der Waals surface area contributed by atoms with Crippen LogP contribution in [0.4, 0.5) is 4.39 Å². The van der Waals surface area contributed by atoms with Gasteiger partial charge < -0.3 is 10.2 Å². The molecule has 1 unspecified atom stereocenters. The predicted molar refractivity (Wildman–Crippen MR) is 53.9 cm³/mol. The number of aromatic carboxylic acids is 1. The van der Waals surface area contributed by atoms with Gasteiger partial charge in [0.05, 0.1) is 11.5 Å². The molecule has 16 heavy (non-hydrogen) atoms. The summed E-state index contributed by atoms with van der Waals surface area (Å²) in [6, 6.07) is 3.62. The SMILES string of the molecule is CC(Cc1ccc(C(=O)O)c(F)c1)C(=O)O. The van der Waals surface area contributed by atoms with Crippen LogP contribution in [0.15, 0.2) is 18.2 Å². The van der Waals surface area contributed by atoms with Crippen LogP contribution < -0.4 is 0 Å². The standard InChI is InChI=1S/C11H11FO4/c1-6(10(13)14)4-7-2-3-8(11(15)16)9(12)5-7/h2-3,5-6H,4H2,1H3,(H,13,14)(H,15,16). The molecule has 86 valence electrons. The van der Waals surface area contributed by atoms with E-state index in [-0.39, 0.29) is 6.42 Å². The van der Waals surface area contributed by atoms with E-state index in [0.717, 1.165) is 12.1 Å². The average Bonchev–Trinajstić information content (AvgIpc) is 2.16. The van der Waals surface area contributed by atoms with Crippen molar-refractivity contribution in [1.29, 1.82) is 0 Å². The Bertz CT molecular complexity index is 428. The van der Waals surface area contributed by atoms with Gasteiger partial charge in [-0.1, -0.05) is 13.0 Å². The topological polar surface area (TPSA) is 74.6 Å². The van der Waals surface area contributed by atoms with Crippen molar-refractivity contribution in [3.63, 3.8) is 0 Å². The van der Waals surface area contributed by atoms with Crippen LogP contribution in [-0.4, -0.2) is 22.2 Å². The largest absolute Gasteiger partial charge is 0.481 e. The molecular weight excluding hydrogens is 215 g/mol. The molecule has 1 rings (SSSR count). The number of halogens is 1. The second kappa shape index (κ2) is 4.74. The Balaban J connectivity index is 2.89. The molecule has 1 aromatic carbocycles. The molecule has 0 aliphatic rings. The summed E-state index contributed by atoms with van der Waals surface area (Å²) in [5.74, 6) is -3.78. The Kier molecular flexibility index (Phi) is 3.60. The summed E-state index contributed by atoms with van der Waals surface area (Å²) in [6.45, 7) is 1.51. The zero-order valence-corrected chi connectivity index (χ0v) is 8.61. The maximum atomic E-state index is 13.2. The predicted octanol–water partition coefficient (Wildman–Crippen LogP) is 1.79. The summed E-state index contributed by atoms with van der Waals surface area (Å²) < 4.78 is 13.2. The number of carboxylic acids is 2. The van der Waals surface area contributed by atoms with Crippen molar-refractivity contribution in [3.05, 3.63) is 35.1 Å². The van der Waals surface area contributed by atoms with E-state index in [1.54, 1.807) is 0 Å². The summed E-state index contributed by atoms with van der Waals surface area (Å²) >= 11 is 0. The molecule has 0 saturated heterocycles. The quantitative estimate of drug-likeness (QED) is 0.820. The first kappa shape index (κ1) is 12.2. The Labute approximate surface area is 91.3 Å². The maximum Gasteiger partial charge on any atom is 0.338 e. The van der Waals surface area contributed by atoms with Gasteiger partial charge in [0.2, 0.25) is 0 Å². The van der Waals surface area contributed by atoms with E-state index < -0.39 is 29.2 Å². The summed E-state index contributed by atoms with van der Waals surface area (Å²) in [4.78, 5) is 21.1. The minimum Gasteiger partial charge on any atom is -0.481 e. The smallest absolute Gasteiger partial charge is 0.338 e. The van der Waals surface area contributed by atoms with Crippen molar-refractivity contribution >= 4 is 11.9 Å². The molecule has 0 heterocycles. The van der Waals surface area contributed by atoms with Gasteiger partial charge in [-0.05, 0) is 24.1 Å². The minimum atomic E-state index is -1.34. The van der Waals surface area contributed by atoms with Gasteiger partial charge >= 0.3 is 11.9 Å². The summed E-state index contributed by atoms with van der Waals surface area (Å²) in [7, 11) is 0. The van der Waals surface area contributed by atoms with Gasteiger partial charge in [-0.15, -0.1) is 0 Å². The third-order valence-electron chi connectivity index (χ3n) is 2.23. The lowest BCUT2D eigenvalue weighted by atomic mass is 10.00. The second-order valence-corrected chi connectivity index (χ2v) is 3.56. The maximum absolute atomic E-state index is 13.2. The van der Waals surface area contributed by atoms with Gasteiger partial charge in [0.25, 0.3) is 0 Å². The third kappa shape index (κ3) is 2.79. The second-order valence-electron chi connectivity index (χ2n) is 3.56. The van der Waals surface area contributed by atoms with Crippen molar-refractivity contribution in [3.8, 4) is 0 Å². The Morgan fingerprint density at radius 3 is 2.44 bits per heavy atom. The molecule has 0 aliphatic heterocycles. The molecule has 2 N–H and O–H groups in total. The molecule has 5 heteroatoms. The monoisotopic (exact) mass is 226 g/mol. The lowest BCUT2D eigenvalue weighted by molar-refractivity contribution is -0.141. The molecule has 1 atom stereocenters. The minimum absolute atomic E-state index is 0.173. The molecule has 0 amide bonds. The van der Waals surface area contributed by atoms with E-state index in [2.05, 4.69) is 0 Å². The Morgan fingerprint density at radius 1 is 1.38 bits per heavy atom. The van der Waals surface area contributed by atoms with Crippen LogP contribution >= 0.6 is 0 Å². The molecule has 0 bridgehead atoms. The fourth-order valence-corrected chi connectivity index (χ4v) is 1.30. The fourth-order valence-electron chi connectivity index (χ4n) is 1.30. The molecule has 0 saturated carbocycles. The Morgan fingerprint density at radius 2 is 2.00 bits per heavy atom. The van der Waals surface area contributed by atoms with E-state index >= 15 is 0 Å². The van der Waals surface area contributed by atoms with Gasteiger partial charge in [-0.2, -0.15) is 0 Å². The lowest BCUT2D eigenvalue weighted by Crippen LogP contribution is -2.12. The highest BCUT2D eigenvalue weighted by molar-refractivity contribution is 5.87. The highest BCUT2D eigenvalue weighted by Gasteiger charge is 2.14. The molecular formula is C11H11FO4. The zero-order valence-electron chi connectivity index (χ0n) is 8.61. The molecule has 0 aromatic heterocycles. The van der Waals surface area contributed by atoms with E-state index in [1.165, 1.54) is 13.0 Å². The van der Waals surface area contributed by atoms with Crippen molar-refractivity contribution in [2.75, 3.05) is 0 Å². The van der Waals surface area contributed by atoms with Crippen LogP contribution in [0.1, 0.15) is 22.8 Å². The van der Waals surface area contributed by atoms with Gasteiger partial charge in [0.1, 0.15) is 5.82 Å². The van der Waals surface area contributed by atoms with Gasteiger partial charge in [-0.25, -0.2) is 9.18 Å². The van der Waals surface area contributed by atoms with Gasteiger partial charge in [-0.3, -0.25) is 4.79 Å². The number of benzene rings is 1. The summed E-state index contributed by atoms with van der Waals surface area (Å²) in [5.41, 5.74) is 0.0594. The van der Waals surface area contributed by atoms with Crippen molar-refractivity contribution in [2.45, 2.75) is 13.3 Å². The van der Waals surface area contributed by atoms with Crippen molar-refractivity contribution in [2.24, 2.45) is 5.92 Å². The van der Waals surface area contributed by atoms with Crippen molar-refractivity contribution < 1.29 is 24.2 Å². The molecule has 1 aromatic rings. The summed E-state index contributed by atoms with van der Waals surface area (Å²) in [6.07, 6.45) is 0.173. The molecule has 0 aliphatic carbocycles. The first-order valence-corrected chi connectivity index (χ1v) is 4.66. The molecule has 0 spiro atoms. The van der Waals surface area contributed by atoms with Crippen LogP contribution in [0, 0.1) is 11.7 Å². The molecule has 0 radical (unpaired) electrons. The number of carbonyl (C=O) groups is 2. The molecule has 0 fully saturated rings. The third-order valence-corrected chi connectivity index (χ3v) is 2.23. The fraction of sp³-hybridized carbons (Fsp3) is 0.273. The van der Waals surface area contributed by atoms with Crippen LogP contribution in [0.25, 0.3) is 0 Å². The van der Waals surface area contributed by atoms with Gasteiger partial charge in [0.15, 0.2) is 0 Å². The zero-order chi connectivity index (χ0) is 12.3. The van der Waals surface area contributed by atoms with Crippen molar-refractivity contribution in [1.82, 2.24) is 0 Å². The lowest BCUT2D eigenvalue weighted by Gasteiger charge is -2.07. The normalized spacial score (nSPS) is 12.1. The van der Waals surface area contributed by atoms with E-state index in [0.29, 0.717) is 5.56 Å². The van der Waals surface area contributed by atoms with Crippen LogP contribution in [0.3, 0.4) is 0 Å². The van der Waals surface area contributed by atoms with E-state index in [9.17, 15) is 14.0 Å². The van der Waals surface area contributed by atoms with E-state index in [4.69, 9.17) is 10.2 Å². The molecule has 4 nitrogen and oxygen atoms in total. The summed E-state index contributed by atoms with van der Waals surface area (Å²) in [5, 5.41) is 17.3.